The second kappa shape index (κ2) is 7.71. The third-order valence-electron chi connectivity index (χ3n) is 4.16. The lowest BCUT2D eigenvalue weighted by Gasteiger charge is -2.18. The lowest BCUT2D eigenvalue weighted by Crippen LogP contribution is -2.24. The van der Waals surface area contributed by atoms with Crippen LogP contribution in [0.2, 0.25) is 0 Å². The van der Waals surface area contributed by atoms with E-state index >= 15 is 0 Å². The first kappa shape index (κ1) is 14.6. The van der Waals surface area contributed by atoms with Crippen LogP contribution in [0.1, 0.15) is 51.1 Å². The van der Waals surface area contributed by atoms with Crippen LogP contribution in [0.5, 0.6) is 0 Å². The van der Waals surface area contributed by atoms with E-state index in [4.69, 9.17) is 4.42 Å². The SMILES string of the molecule is CCNCc1ccc(CN2CCCC(CC)CC2)o1. The average molecular weight is 264 g/mol. The Hall–Kier alpha value is -0.800. The van der Waals surface area contributed by atoms with Crippen LogP contribution in [0.4, 0.5) is 0 Å². The molecule has 1 atom stereocenters. The Labute approximate surface area is 117 Å². The molecular formula is C16H28N2O. The maximum atomic E-state index is 5.88. The van der Waals surface area contributed by atoms with Crippen LogP contribution >= 0.6 is 0 Å². The predicted molar refractivity (Wildman–Crippen MR) is 79.0 cm³/mol. The van der Waals surface area contributed by atoms with Crippen molar-refractivity contribution in [3.8, 4) is 0 Å². The van der Waals surface area contributed by atoms with E-state index < -0.39 is 0 Å². The number of nitrogens with one attached hydrogen (secondary N) is 1. The van der Waals surface area contributed by atoms with Crippen molar-refractivity contribution in [2.24, 2.45) is 5.92 Å². The van der Waals surface area contributed by atoms with Crippen molar-refractivity contribution >= 4 is 0 Å². The Morgan fingerprint density at radius 3 is 2.84 bits per heavy atom. The lowest BCUT2D eigenvalue weighted by atomic mass is 9.98. The first-order chi connectivity index (χ1) is 9.31. The standard InChI is InChI=1S/C16H28N2O/c1-3-14-6-5-10-18(11-9-14)13-16-8-7-15(19-16)12-17-4-2/h7-8,14,17H,3-6,9-13H2,1-2H3. The van der Waals surface area contributed by atoms with E-state index in [0.717, 1.165) is 37.1 Å². The molecule has 1 saturated heterocycles. The topological polar surface area (TPSA) is 28.4 Å². The van der Waals surface area contributed by atoms with Gasteiger partial charge in [0, 0.05) is 0 Å². The third kappa shape index (κ3) is 4.66. The van der Waals surface area contributed by atoms with Gasteiger partial charge in [-0.1, -0.05) is 20.3 Å². The molecule has 0 saturated carbocycles. The number of furan rings is 1. The molecule has 2 heterocycles. The Morgan fingerprint density at radius 1 is 1.21 bits per heavy atom. The van der Waals surface area contributed by atoms with Crippen molar-refractivity contribution < 1.29 is 4.42 Å². The van der Waals surface area contributed by atoms with E-state index in [1.165, 1.54) is 38.8 Å². The normalized spacial score (nSPS) is 21.5. The fraction of sp³-hybridized carbons (Fsp3) is 0.750. The summed E-state index contributed by atoms with van der Waals surface area (Å²) in [7, 11) is 0. The minimum Gasteiger partial charge on any atom is -0.463 e. The molecule has 1 aliphatic heterocycles. The molecule has 1 aliphatic rings. The summed E-state index contributed by atoms with van der Waals surface area (Å²) in [5, 5.41) is 3.30. The molecule has 1 N–H and O–H groups in total. The summed E-state index contributed by atoms with van der Waals surface area (Å²) in [6, 6.07) is 4.24. The lowest BCUT2D eigenvalue weighted by molar-refractivity contribution is 0.246. The maximum Gasteiger partial charge on any atom is 0.118 e. The minimum absolute atomic E-state index is 0.842. The Morgan fingerprint density at radius 2 is 2.05 bits per heavy atom. The third-order valence-corrected chi connectivity index (χ3v) is 4.16. The Balaban J connectivity index is 1.81. The number of hydrogen-bond acceptors (Lipinski definition) is 3. The van der Waals surface area contributed by atoms with Crippen LogP contribution in [-0.2, 0) is 13.1 Å². The molecule has 0 amide bonds. The van der Waals surface area contributed by atoms with Gasteiger partial charge in [-0.05, 0) is 56.9 Å². The minimum atomic E-state index is 0.842. The molecule has 1 fully saturated rings. The smallest absolute Gasteiger partial charge is 0.118 e. The van der Waals surface area contributed by atoms with Gasteiger partial charge in [-0.2, -0.15) is 0 Å². The summed E-state index contributed by atoms with van der Waals surface area (Å²) in [5.41, 5.74) is 0. The second-order valence-electron chi connectivity index (χ2n) is 5.63. The van der Waals surface area contributed by atoms with Crippen LogP contribution < -0.4 is 5.32 Å². The zero-order valence-electron chi connectivity index (χ0n) is 12.5. The zero-order chi connectivity index (χ0) is 13.5. The van der Waals surface area contributed by atoms with Gasteiger partial charge in [0.15, 0.2) is 0 Å². The highest BCUT2D eigenvalue weighted by Crippen LogP contribution is 2.21. The first-order valence-electron chi connectivity index (χ1n) is 7.82. The molecule has 19 heavy (non-hydrogen) atoms. The van der Waals surface area contributed by atoms with E-state index in [1.807, 2.05) is 0 Å². The number of hydrogen-bond donors (Lipinski definition) is 1. The molecule has 3 heteroatoms. The van der Waals surface area contributed by atoms with Crippen LogP contribution in [-0.4, -0.2) is 24.5 Å². The largest absolute Gasteiger partial charge is 0.463 e. The van der Waals surface area contributed by atoms with Gasteiger partial charge in [0.25, 0.3) is 0 Å². The fourth-order valence-electron chi connectivity index (χ4n) is 2.86. The molecule has 108 valence electrons. The van der Waals surface area contributed by atoms with Crippen molar-refractivity contribution in [2.75, 3.05) is 19.6 Å². The van der Waals surface area contributed by atoms with Gasteiger partial charge in [0.1, 0.15) is 11.5 Å². The van der Waals surface area contributed by atoms with Crippen LogP contribution in [0.25, 0.3) is 0 Å². The molecule has 1 aromatic heterocycles. The van der Waals surface area contributed by atoms with E-state index in [0.29, 0.717) is 0 Å². The highest BCUT2D eigenvalue weighted by molar-refractivity contribution is 5.07. The second-order valence-corrected chi connectivity index (χ2v) is 5.63. The molecule has 0 aliphatic carbocycles. The van der Waals surface area contributed by atoms with Crippen LogP contribution in [0.3, 0.4) is 0 Å². The molecule has 3 nitrogen and oxygen atoms in total. The molecule has 0 bridgehead atoms. The van der Waals surface area contributed by atoms with Crippen molar-refractivity contribution in [3.05, 3.63) is 23.7 Å². The number of nitrogens with zero attached hydrogens (tertiary/aromatic N) is 1. The van der Waals surface area contributed by atoms with Gasteiger partial charge in [-0.25, -0.2) is 0 Å². The summed E-state index contributed by atoms with van der Waals surface area (Å²) in [4.78, 5) is 2.55. The molecular weight excluding hydrogens is 236 g/mol. The van der Waals surface area contributed by atoms with Crippen molar-refractivity contribution in [2.45, 2.75) is 52.6 Å². The van der Waals surface area contributed by atoms with Crippen molar-refractivity contribution in [1.82, 2.24) is 10.2 Å². The summed E-state index contributed by atoms with van der Waals surface area (Å²) >= 11 is 0. The van der Waals surface area contributed by atoms with Gasteiger partial charge < -0.3 is 9.73 Å². The highest BCUT2D eigenvalue weighted by Gasteiger charge is 2.16. The van der Waals surface area contributed by atoms with Gasteiger partial charge in [-0.15, -0.1) is 0 Å². The molecule has 0 radical (unpaired) electrons. The van der Waals surface area contributed by atoms with Gasteiger partial charge in [0.2, 0.25) is 0 Å². The van der Waals surface area contributed by atoms with Gasteiger partial charge in [0.05, 0.1) is 13.1 Å². The maximum absolute atomic E-state index is 5.88. The average Bonchev–Trinajstić information content (AvgIpc) is 2.74. The number of rotatable bonds is 6. The van der Waals surface area contributed by atoms with Gasteiger partial charge >= 0.3 is 0 Å². The number of likely N-dealkylation sites (tertiary alicyclic amines) is 1. The van der Waals surface area contributed by atoms with Crippen molar-refractivity contribution in [1.29, 1.82) is 0 Å². The highest BCUT2D eigenvalue weighted by atomic mass is 16.3. The monoisotopic (exact) mass is 264 g/mol. The molecule has 2 rings (SSSR count). The quantitative estimate of drug-likeness (QED) is 0.853. The molecule has 1 aromatic rings. The van der Waals surface area contributed by atoms with Crippen LogP contribution in [0.15, 0.2) is 16.5 Å². The zero-order valence-corrected chi connectivity index (χ0v) is 12.5. The first-order valence-corrected chi connectivity index (χ1v) is 7.82. The summed E-state index contributed by atoms with van der Waals surface area (Å²) in [6.07, 6.45) is 5.42. The molecule has 0 aromatic carbocycles. The van der Waals surface area contributed by atoms with E-state index in [-0.39, 0.29) is 0 Å². The molecule has 0 spiro atoms. The van der Waals surface area contributed by atoms with Gasteiger partial charge in [-0.3, -0.25) is 4.90 Å². The molecule has 1 unspecified atom stereocenters. The Bertz CT molecular complexity index is 361. The van der Waals surface area contributed by atoms with Crippen molar-refractivity contribution in [3.63, 3.8) is 0 Å². The summed E-state index contributed by atoms with van der Waals surface area (Å²) < 4.78 is 5.88. The van der Waals surface area contributed by atoms with E-state index in [1.54, 1.807) is 0 Å². The summed E-state index contributed by atoms with van der Waals surface area (Å²) in [5.74, 6) is 3.10. The predicted octanol–water partition coefficient (Wildman–Crippen LogP) is 3.40. The fourth-order valence-corrected chi connectivity index (χ4v) is 2.86. The van der Waals surface area contributed by atoms with Crippen LogP contribution in [0, 0.1) is 5.92 Å². The van der Waals surface area contributed by atoms with E-state index in [9.17, 15) is 0 Å². The summed E-state index contributed by atoms with van der Waals surface area (Å²) in [6.45, 7) is 9.68. The Kier molecular flexibility index (Phi) is 5.93. The van der Waals surface area contributed by atoms with E-state index in [2.05, 4.69) is 36.2 Å².